The number of nitrogens with one attached hydrogen (secondary N) is 1. The highest BCUT2D eigenvalue weighted by atomic mass is 35.5. The molecule has 0 aliphatic rings. The molecule has 12 heavy (non-hydrogen) atoms. The standard InChI is InChI=1S/C7H8N2O2.ClH/c8-7(9)4-1-5(10)3-6(11)2-4;/h1-3,10-11H,(H3,8,9);1H. The summed E-state index contributed by atoms with van der Waals surface area (Å²) in [5.41, 5.74) is 5.42. The first-order valence-corrected chi connectivity index (χ1v) is 2.97. The summed E-state index contributed by atoms with van der Waals surface area (Å²) >= 11 is 0. The number of hydrogen-bond donors (Lipinski definition) is 4. The molecule has 0 aliphatic carbocycles. The lowest BCUT2D eigenvalue weighted by Gasteiger charge is -1.99. The summed E-state index contributed by atoms with van der Waals surface area (Å²) in [6.45, 7) is 0. The lowest BCUT2D eigenvalue weighted by atomic mass is 10.2. The molecule has 0 aliphatic heterocycles. The fourth-order valence-electron chi connectivity index (χ4n) is 0.751. The summed E-state index contributed by atoms with van der Waals surface area (Å²) in [7, 11) is 0. The minimum absolute atomic E-state index is 0. The minimum atomic E-state index is -0.184. The zero-order valence-corrected chi connectivity index (χ0v) is 6.93. The van der Waals surface area contributed by atoms with Crippen LogP contribution in [0.2, 0.25) is 0 Å². The van der Waals surface area contributed by atoms with Crippen LogP contribution in [0.15, 0.2) is 18.2 Å². The van der Waals surface area contributed by atoms with Crippen LogP contribution in [0.4, 0.5) is 0 Å². The summed E-state index contributed by atoms with van der Waals surface area (Å²) in [5.74, 6) is -0.387. The number of phenols is 2. The van der Waals surface area contributed by atoms with E-state index in [0.717, 1.165) is 0 Å². The Labute approximate surface area is 75.6 Å². The van der Waals surface area contributed by atoms with E-state index in [2.05, 4.69) is 0 Å². The van der Waals surface area contributed by atoms with Gasteiger partial charge in [-0.3, -0.25) is 5.41 Å². The lowest BCUT2D eigenvalue weighted by Crippen LogP contribution is -2.10. The molecule has 0 atom stereocenters. The number of benzene rings is 1. The molecule has 0 spiro atoms. The van der Waals surface area contributed by atoms with Gasteiger partial charge < -0.3 is 15.9 Å². The van der Waals surface area contributed by atoms with E-state index in [-0.39, 0.29) is 29.7 Å². The number of amidine groups is 1. The molecule has 66 valence electrons. The van der Waals surface area contributed by atoms with Crippen LogP contribution in [0.1, 0.15) is 5.56 Å². The third-order valence-electron chi connectivity index (χ3n) is 1.21. The average molecular weight is 189 g/mol. The Bertz CT molecular complexity index is 281. The van der Waals surface area contributed by atoms with Crippen molar-refractivity contribution in [2.45, 2.75) is 0 Å². The fourth-order valence-corrected chi connectivity index (χ4v) is 0.751. The van der Waals surface area contributed by atoms with Gasteiger partial charge in [-0.15, -0.1) is 12.4 Å². The second-order valence-corrected chi connectivity index (χ2v) is 2.15. The molecule has 1 aromatic rings. The molecule has 5 N–H and O–H groups in total. The first-order valence-electron chi connectivity index (χ1n) is 2.97. The van der Waals surface area contributed by atoms with E-state index in [4.69, 9.17) is 21.4 Å². The smallest absolute Gasteiger partial charge is 0.123 e. The number of nitrogen functional groups attached to an aromatic ring is 1. The van der Waals surface area contributed by atoms with Crippen LogP contribution in [0.25, 0.3) is 0 Å². The van der Waals surface area contributed by atoms with Gasteiger partial charge in [-0.25, -0.2) is 0 Å². The van der Waals surface area contributed by atoms with E-state index >= 15 is 0 Å². The van der Waals surface area contributed by atoms with Crippen molar-refractivity contribution in [3.63, 3.8) is 0 Å². The number of aromatic hydroxyl groups is 2. The van der Waals surface area contributed by atoms with Crippen molar-refractivity contribution < 1.29 is 10.2 Å². The summed E-state index contributed by atoms with van der Waals surface area (Å²) in [6, 6.07) is 3.79. The summed E-state index contributed by atoms with van der Waals surface area (Å²) in [4.78, 5) is 0. The van der Waals surface area contributed by atoms with E-state index in [0.29, 0.717) is 5.56 Å². The molecule has 0 unspecified atom stereocenters. The molecule has 4 nitrogen and oxygen atoms in total. The van der Waals surface area contributed by atoms with E-state index in [9.17, 15) is 0 Å². The van der Waals surface area contributed by atoms with Gasteiger partial charge in [0.2, 0.25) is 0 Å². The monoisotopic (exact) mass is 188 g/mol. The molecular weight excluding hydrogens is 180 g/mol. The predicted octanol–water partition coefficient (Wildman–Crippen LogP) is 0.804. The topological polar surface area (TPSA) is 90.3 Å². The minimum Gasteiger partial charge on any atom is -0.508 e. The molecule has 0 heterocycles. The number of nitrogens with two attached hydrogens (primary N) is 1. The zero-order chi connectivity index (χ0) is 8.43. The van der Waals surface area contributed by atoms with Crippen molar-refractivity contribution in [1.82, 2.24) is 0 Å². The fraction of sp³-hybridized carbons (Fsp3) is 0. The second kappa shape index (κ2) is 3.82. The van der Waals surface area contributed by atoms with Crippen LogP contribution in [0.3, 0.4) is 0 Å². The molecule has 0 saturated heterocycles. The van der Waals surface area contributed by atoms with Crippen LogP contribution in [0, 0.1) is 5.41 Å². The lowest BCUT2D eigenvalue weighted by molar-refractivity contribution is 0.450. The van der Waals surface area contributed by atoms with Crippen LogP contribution >= 0.6 is 12.4 Å². The molecule has 0 bridgehead atoms. The Morgan fingerprint density at radius 1 is 1.17 bits per heavy atom. The SMILES string of the molecule is Cl.N=C(N)c1cc(O)cc(O)c1. The molecule has 1 aromatic carbocycles. The second-order valence-electron chi connectivity index (χ2n) is 2.15. The van der Waals surface area contributed by atoms with Crippen molar-refractivity contribution in [1.29, 1.82) is 5.41 Å². The highest BCUT2D eigenvalue weighted by Gasteiger charge is 2.00. The van der Waals surface area contributed by atoms with Gasteiger partial charge in [0.1, 0.15) is 17.3 Å². The number of halogens is 1. The largest absolute Gasteiger partial charge is 0.508 e. The van der Waals surface area contributed by atoms with Gasteiger partial charge in [0.25, 0.3) is 0 Å². The van der Waals surface area contributed by atoms with Crippen molar-refractivity contribution in [3.8, 4) is 11.5 Å². The molecule has 0 amide bonds. The van der Waals surface area contributed by atoms with Gasteiger partial charge in [-0.2, -0.15) is 0 Å². The van der Waals surface area contributed by atoms with Crippen LogP contribution in [-0.4, -0.2) is 16.0 Å². The van der Waals surface area contributed by atoms with Crippen LogP contribution in [0.5, 0.6) is 11.5 Å². The number of hydrogen-bond acceptors (Lipinski definition) is 3. The highest BCUT2D eigenvalue weighted by molar-refractivity contribution is 5.95. The Balaban J connectivity index is 0.00000121. The van der Waals surface area contributed by atoms with Crippen LogP contribution < -0.4 is 5.73 Å². The van der Waals surface area contributed by atoms with E-state index in [1.807, 2.05) is 0 Å². The van der Waals surface area contributed by atoms with Crippen LogP contribution in [-0.2, 0) is 0 Å². The first-order chi connectivity index (χ1) is 5.09. The summed E-state index contributed by atoms with van der Waals surface area (Å²) < 4.78 is 0. The van der Waals surface area contributed by atoms with Crippen molar-refractivity contribution >= 4 is 18.2 Å². The first kappa shape index (κ1) is 10.6. The molecule has 0 fully saturated rings. The van der Waals surface area contributed by atoms with Crippen molar-refractivity contribution in [2.75, 3.05) is 0 Å². The molecule has 0 aromatic heterocycles. The maximum atomic E-state index is 8.93. The predicted molar refractivity (Wildman–Crippen MR) is 48.0 cm³/mol. The summed E-state index contributed by atoms with van der Waals surface area (Å²) in [5, 5.41) is 24.8. The Morgan fingerprint density at radius 2 is 1.58 bits per heavy atom. The Morgan fingerprint density at radius 3 is 1.92 bits per heavy atom. The maximum Gasteiger partial charge on any atom is 0.123 e. The van der Waals surface area contributed by atoms with Crippen molar-refractivity contribution in [3.05, 3.63) is 23.8 Å². The third-order valence-corrected chi connectivity index (χ3v) is 1.21. The number of rotatable bonds is 1. The Hall–Kier alpha value is -1.42. The normalized spacial score (nSPS) is 8.67. The molecule has 1 rings (SSSR count). The quantitative estimate of drug-likeness (QED) is 0.388. The van der Waals surface area contributed by atoms with Crippen molar-refractivity contribution in [2.24, 2.45) is 5.73 Å². The van der Waals surface area contributed by atoms with Gasteiger partial charge in [0, 0.05) is 11.6 Å². The highest BCUT2D eigenvalue weighted by Crippen LogP contribution is 2.19. The maximum absolute atomic E-state index is 8.93. The molecule has 5 heteroatoms. The molecule has 0 radical (unpaired) electrons. The van der Waals surface area contributed by atoms with E-state index in [1.54, 1.807) is 0 Å². The summed E-state index contributed by atoms with van der Waals surface area (Å²) in [6.07, 6.45) is 0. The van der Waals surface area contributed by atoms with Gasteiger partial charge in [0.05, 0.1) is 0 Å². The average Bonchev–Trinajstić information content (AvgIpc) is 1.85. The van der Waals surface area contributed by atoms with Gasteiger partial charge in [-0.05, 0) is 12.1 Å². The molecular formula is C7H9ClN2O2. The van der Waals surface area contributed by atoms with Gasteiger partial charge >= 0.3 is 0 Å². The molecule has 0 saturated carbocycles. The Kier molecular flexibility index (Phi) is 3.37. The third kappa shape index (κ3) is 2.32. The van der Waals surface area contributed by atoms with Gasteiger partial charge in [0.15, 0.2) is 0 Å². The van der Waals surface area contributed by atoms with E-state index in [1.165, 1.54) is 18.2 Å². The van der Waals surface area contributed by atoms with E-state index < -0.39 is 0 Å². The number of phenolic OH excluding ortho intramolecular Hbond substituents is 2. The van der Waals surface area contributed by atoms with Gasteiger partial charge in [-0.1, -0.05) is 0 Å². The zero-order valence-electron chi connectivity index (χ0n) is 6.11.